The fourth-order valence-electron chi connectivity index (χ4n) is 3.79. The minimum absolute atomic E-state index is 0.0222. The lowest BCUT2D eigenvalue weighted by atomic mass is 9.83. The van der Waals surface area contributed by atoms with Gasteiger partial charge in [0.05, 0.1) is 32.8 Å². The number of methoxy groups -OCH3 is 3. The molecule has 34 heavy (non-hydrogen) atoms. The second-order valence-corrected chi connectivity index (χ2v) is 7.36. The Morgan fingerprint density at radius 2 is 1.74 bits per heavy atom. The molecular formula is C26H22N2O6. The summed E-state index contributed by atoms with van der Waals surface area (Å²) in [4.78, 5) is 12.6. The molecule has 8 nitrogen and oxygen atoms in total. The van der Waals surface area contributed by atoms with E-state index in [1.807, 2.05) is 6.07 Å². The van der Waals surface area contributed by atoms with E-state index in [4.69, 9.17) is 29.4 Å². The first kappa shape index (κ1) is 22.6. The number of nitrogens with zero attached hydrogens (tertiary/aromatic N) is 1. The Morgan fingerprint density at radius 1 is 0.941 bits per heavy atom. The number of ether oxygens (including phenoxy) is 5. The first-order valence-corrected chi connectivity index (χ1v) is 10.3. The average Bonchev–Trinajstić information content (AvgIpc) is 2.87. The van der Waals surface area contributed by atoms with Crippen LogP contribution in [0.15, 0.2) is 72.1 Å². The van der Waals surface area contributed by atoms with Gasteiger partial charge in [0.1, 0.15) is 28.9 Å². The van der Waals surface area contributed by atoms with E-state index < -0.39 is 11.9 Å². The number of allylic oxidation sites excluding steroid dienone is 1. The third-order valence-electron chi connectivity index (χ3n) is 5.45. The van der Waals surface area contributed by atoms with Gasteiger partial charge in [-0.3, -0.25) is 0 Å². The highest BCUT2D eigenvalue weighted by Gasteiger charge is 2.31. The van der Waals surface area contributed by atoms with Gasteiger partial charge in [0.25, 0.3) is 0 Å². The third kappa shape index (κ3) is 4.19. The fourth-order valence-corrected chi connectivity index (χ4v) is 3.79. The van der Waals surface area contributed by atoms with Gasteiger partial charge in [0.2, 0.25) is 5.88 Å². The van der Waals surface area contributed by atoms with Gasteiger partial charge in [-0.15, -0.1) is 0 Å². The second-order valence-electron chi connectivity index (χ2n) is 7.36. The summed E-state index contributed by atoms with van der Waals surface area (Å²) in [6.45, 7) is 0. The Labute approximate surface area is 196 Å². The number of nitrogens with two attached hydrogens (primary N) is 1. The van der Waals surface area contributed by atoms with E-state index in [1.165, 1.54) is 14.2 Å². The van der Waals surface area contributed by atoms with Gasteiger partial charge < -0.3 is 29.4 Å². The van der Waals surface area contributed by atoms with Gasteiger partial charge in [-0.2, -0.15) is 5.26 Å². The lowest BCUT2D eigenvalue weighted by molar-refractivity contribution is 0.0734. The van der Waals surface area contributed by atoms with Crippen molar-refractivity contribution in [1.29, 1.82) is 5.26 Å². The number of fused-ring (bicyclic) bond motifs is 1. The molecule has 1 aliphatic heterocycles. The number of rotatable bonds is 6. The molecule has 1 atom stereocenters. The minimum Gasteiger partial charge on any atom is -0.497 e. The van der Waals surface area contributed by atoms with E-state index in [9.17, 15) is 10.1 Å². The normalized spacial score (nSPS) is 14.4. The number of nitriles is 1. The Hall–Kier alpha value is -4.64. The molecule has 0 radical (unpaired) electrons. The number of carbonyl (C=O) groups is 1. The van der Waals surface area contributed by atoms with Crippen molar-refractivity contribution in [3.05, 3.63) is 88.8 Å². The summed E-state index contributed by atoms with van der Waals surface area (Å²) in [5.74, 6) is 1.21. The van der Waals surface area contributed by atoms with Crippen molar-refractivity contribution < 1.29 is 28.5 Å². The first-order chi connectivity index (χ1) is 16.5. The van der Waals surface area contributed by atoms with Crippen LogP contribution >= 0.6 is 0 Å². The molecule has 3 aromatic carbocycles. The predicted molar refractivity (Wildman–Crippen MR) is 123 cm³/mol. The largest absolute Gasteiger partial charge is 0.497 e. The molecule has 1 aliphatic rings. The molecule has 0 fully saturated rings. The monoisotopic (exact) mass is 458 g/mol. The van der Waals surface area contributed by atoms with Crippen LogP contribution in [0, 0.1) is 11.3 Å². The van der Waals surface area contributed by atoms with Gasteiger partial charge in [0, 0.05) is 11.6 Å². The van der Waals surface area contributed by atoms with Crippen LogP contribution in [0.5, 0.6) is 28.7 Å². The van der Waals surface area contributed by atoms with Crippen LogP contribution in [0.4, 0.5) is 0 Å². The summed E-state index contributed by atoms with van der Waals surface area (Å²) in [6, 6.07) is 19.2. The van der Waals surface area contributed by atoms with Crippen LogP contribution in [0.25, 0.3) is 0 Å². The van der Waals surface area contributed by atoms with E-state index in [0.717, 1.165) is 5.56 Å². The van der Waals surface area contributed by atoms with Gasteiger partial charge >= 0.3 is 5.97 Å². The molecule has 0 saturated carbocycles. The van der Waals surface area contributed by atoms with Crippen molar-refractivity contribution in [2.45, 2.75) is 5.92 Å². The van der Waals surface area contributed by atoms with Crippen LogP contribution in [-0.2, 0) is 0 Å². The smallest absolute Gasteiger partial charge is 0.343 e. The van der Waals surface area contributed by atoms with Crippen LogP contribution in [0.3, 0.4) is 0 Å². The average molecular weight is 458 g/mol. The topological polar surface area (TPSA) is 113 Å². The summed E-state index contributed by atoms with van der Waals surface area (Å²) < 4.78 is 27.1. The van der Waals surface area contributed by atoms with Crippen molar-refractivity contribution in [2.24, 2.45) is 5.73 Å². The molecule has 3 aromatic rings. The molecule has 4 rings (SSSR count). The summed E-state index contributed by atoms with van der Waals surface area (Å²) in [6.07, 6.45) is 0. The highest BCUT2D eigenvalue weighted by atomic mass is 16.5. The second kappa shape index (κ2) is 9.46. The maximum Gasteiger partial charge on any atom is 0.343 e. The predicted octanol–water partition coefficient (Wildman–Crippen LogP) is 4.15. The van der Waals surface area contributed by atoms with Crippen LogP contribution in [0.2, 0.25) is 0 Å². The van der Waals surface area contributed by atoms with Crippen molar-refractivity contribution >= 4 is 5.97 Å². The quantitative estimate of drug-likeness (QED) is 0.433. The summed E-state index contributed by atoms with van der Waals surface area (Å²) >= 11 is 0. The Morgan fingerprint density at radius 3 is 2.44 bits per heavy atom. The molecule has 0 aliphatic carbocycles. The molecular weight excluding hydrogens is 436 g/mol. The van der Waals surface area contributed by atoms with E-state index >= 15 is 0 Å². The molecule has 0 aromatic heterocycles. The molecule has 8 heteroatoms. The zero-order chi connectivity index (χ0) is 24.2. The number of hydrogen-bond acceptors (Lipinski definition) is 8. The number of hydrogen-bond donors (Lipinski definition) is 1. The van der Waals surface area contributed by atoms with Crippen LogP contribution in [0.1, 0.15) is 27.4 Å². The maximum atomic E-state index is 12.6. The molecule has 2 N–H and O–H groups in total. The first-order valence-electron chi connectivity index (χ1n) is 10.3. The van der Waals surface area contributed by atoms with Crippen LogP contribution < -0.4 is 29.4 Å². The van der Waals surface area contributed by atoms with E-state index in [0.29, 0.717) is 34.1 Å². The van der Waals surface area contributed by atoms with Gasteiger partial charge in [-0.05, 0) is 42.0 Å². The molecule has 0 amide bonds. The number of esters is 1. The van der Waals surface area contributed by atoms with Crippen molar-refractivity contribution in [1.82, 2.24) is 0 Å². The van der Waals surface area contributed by atoms with Gasteiger partial charge in [-0.25, -0.2) is 4.79 Å². The van der Waals surface area contributed by atoms with Crippen molar-refractivity contribution in [3.8, 4) is 34.8 Å². The SMILES string of the molecule is COc1cccc(C(=O)Oc2ccc3c(c2)OC(N)=C(C#N)C3c2ccc(OC)c(OC)c2)c1. The lowest BCUT2D eigenvalue weighted by Crippen LogP contribution is -2.21. The number of benzene rings is 3. The zero-order valence-corrected chi connectivity index (χ0v) is 18.8. The summed E-state index contributed by atoms with van der Waals surface area (Å²) in [5.41, 5.74) is 8.16. The zero-order valence-electron chi connectivity index (χ0n) is 18.8. The Kier molecular flexibility index (Phi) is 6.28. The van der Waals surface area contributed by atoms with Crippen molar-refractivity contribution in [3.63, 3.8) is 0 Å². The summed E-state index contributed by atoms with van der Waals surface area (Å²) in [7, 11) is 4.61. The minimum atomic E-state index is -0.549. The molecule has 172 valence electrons. The third-order valence-corrected chi connectivity index (χ3v) is 5.45. The van der Waals surface area contributed by atoms with E-state index in [-0.39, 0.29) is 17.2 Å². The Bertz CT molecular complexity index is 1330. The lowest BCUT2D eigenvalue weighted by Gasteiger charge is -2.27. The highest BCUT2D eigenvalue weighted by Crippen LogP contribution is 2.45. The van der Waals surface area contributed by atoms with Crippen molar-refractivity contribution in [2.75, 3.05) is 21.3 Å². The number of carbonyl (C=O) groups excluding carboxylic acids is 1. The highest BCUT2D eigenvalue weighted by molar-refractivity contribution is 5.91. The Balaban J connectivity index is 1.70. The van der Waals surface area contributed by atoms with Crippen LogP contribution in [-0.4, -0.2) is 27.3 Å². The molecule has 0 spiro atoms. The molecule has 1 heterocycles. The van der Waals surface area contributed by atoms with E-state index in [1.54, 1.807) is 61.7 Å². The molecule has 1 unspecified atom stereocenters. The fraction of sp³-hybridized carbons (Fsp3) is 0.154. The standard InChI is InChI=1S/C26H22N2O6/c1-30-17-6-4-5-16(11-17)26(29)33-18-8-9-19-22(13-18)34-25(28)20(14-27)24(19)15-7-10-21(31-2)23(12-15)32-3/h4-13,24H,28H2,1-3H3. The van der Waals surface area contributed by atoms with Gasteiger partial charge in [0.15, 0.2) is 11.5 Å². The maximum absolute atomic E-state index is 12.6. The molecule has 0 bridgehead atoms. The van der Waals surface area contributed by atoms with E-state index in [2.05, 4.69) is 6.07 Å². The summed E-state index contributed by atoms with van der Waals surface area (Å²) in [5, 5.41) is 9.78. The van der Waals surface area contributed by atoms with Gasteiger partial charge in [-0.1, -0.05) is 18.2 Å². The molecule has 0 saturated heterocycles.